The van der Waals surface area contributed by atoms with Crippen LogP contribution in [-0.2, 0) is 20.8 Å². The van der Waals surface area contributed by atoms with Gasteiger partial charge in [0, 0.05) is 5.92 Å². The van der Waals surface area contributed by atoms with Crippen LogP contribution in [0, 0.1) is 12.8 Å². The Morgan fingerprint density at radius 3 is 2.29 bits per heavy atom. The number of aliphatic carboxylic acids is 1. The van der Waals surface area contributed by atoms with E-state index in [0.717, 1.165) is 31.4 Å². The zero-order valence-electron chi connectivity index (χ0n) is 19.1. The van der Waals surface area contributed by atoms with Crippen LogP contribution in [0.3, 0.4) is 0 Å². The molecule has 1 N–H and O–H groups in total. The molecule has 188 valence electrons. The van der Waals surface area contributed by atoms with Crippen LogP contribution in [0.15, 0.2) is 47.4 Å². The molecule has 0 saturated carbocycles. The van der Waals surface area contributed by atoms with E-state index in [0.29, 0.717) is 12.0 Å². The van der Waals surface area contributed by atoms with Crippen molar-refractivity contribution in [3.05, 3.63) is 53.6 Å². The highest BCUT2D eigenvalue weighted by Gasteiger charge is 2.30. The van der Waals surface area contributed by atoms with Gasteiger partial charge in [0.15, 0.2) is 16.4 Å². The average molecular weight is 503 g/mol. The number of unbranched alkanes of at least 4 members (excludes halogenated alkanes) is 2. The van der Waals surface area contributed by atoms with Crippen LogP contribution in [0.2, 0.25) is 0 Å². The van der Waals surface area contributed by atoms with E-state index < -0.39 is 34.2 Å². The Morgan fingerprint density at radius 2 is 1.74 bits per heavy atom. The van der Waals surface area contributed by atoms with Gasteiger partial charge in [-0.15, -0.1) is 0 Å². The first kappa shape index (κ1) is 27.5. The topological polar surface area (TPSA) is 89.9 Å². The van der Waals surface area contributed by atoms with E-state index >= 15 is 0 Å². The van der Waals surface area contributed by atoms with Crippen molar-refractivity contribution in [2.24, 2.45) is 5.92 Å². The third-order valence-electron chi connectivity index (χ3n) is 5.20. The number of alkyl halides is 3. The van der Waals surface area contributed by atoms with Crippen molar-refractivity contribution < 1.29 is 41.0 Å². The molecule has 1 unspecified atom stereocenters. The molecular weight excluding hydrogens is 473 g/mol. The van der Waals surface area contributed by atoms with Gasteiger partial charge in [0.25, 0.3) is 0 Å². The van der Waals surface area contributed by atoms with Crippen molar-refractivity contribution >= 4 is 15.8 Å². The predicted molar refractivity (Wildman–Crippen MR) is 121 cm³/mol. The number of carbonyl (C=O) groups is 1. The second kappa shape index (κ2) is 12.1. The number of hydrogen-bond acceptors (Lipinski definition) is 5. The van der Waals surface area contributed by atoms with Crippen LogP contribution in [0.5, 0.6) is 11.5 Å². The van der Waals surface area contributed by atoms with Crippen LogP contribution in [0.4, 0.5) is 13.2 Å². The molecule has 2 rings (SSSR count). The van der Waals surface area contributed by atoms with Gasteiger partial charge in [-0.25, -0.2) is 13.2 Å². The molecule has 0 aliphatic carbocycles. The van der Waals surface area contributed by atoms with Gasteiger partial charge in [-0.2, -0.15) is 13.2 Å². The molecule has 34 heavy (non-hydrogen) atoms. The van der Waals surface area contributed by atoms with E-state index in [1.165, 1.54) is 30.3 Å². The smallest absolute Gasteiger partial charge is 0.416 e. The summed E-state index contributed by atoms with van der Waals surface area (Å²) in [6.07, 6.45) is -1.18. The van der Waals surface area contributed by atoms with E-state index in [1.807, 2.05) is 6.92 Å². The molecule has 0 spiro atoms. The Morgan fingerprint density at radius 1 is 1.06 bits per heavy atom. The number of halogens is 3. The average Bonchev–Trinajstić information content (AvgIpc) is 2.76. The van der Waals surface area contributed by atoms with Gasteiger partial charge in [-0.1, -0.05) is 26.2 Å². The normalized spacial score (nSPS) is 12.9. The number of aryl methyl sites for hydroxylation is 1. The van der Waals surface area contributed by atoms with E-state index in [2.05, 4.69) is 0 Å². The molecule has 10 heteroatoms. The maximum atomic E-state index is 13.1. The SMILES string of the molecule is CCCCCC(COc1ccc(C(F)(F)F)cc1)CS(=O)(=O)c1ccc(OCC(=O)O)c(C)c1. The summed E-state index contributed by atoms with van der Waals surface area (Å²) in [5.41, 5.74) is -0.293. The summed E-state index contributed by atoms with van der Waals surface area (Å²) in [6, 6.07) is 8.53. The molecule has 6 nitrogen and oxygen atoms in total. The largest absolute Gasteiger partial charge is 0.493 e. The van der Waals surface area contributed by atoms with E-state index in [4.69, 9.17) is 14.6 Å². The first-order valence-electron chi connectivity index (χ1n) is 10.9. The molecule has 0 amide bonds. The molecule has 0 bridgehead atoms. The third kappa shape index (κ3) is 8.55. The maximum Gasteiger partial charge on any atom is 0.416 e. The Bertz CT molecular complexity index is 1050. The van der Waals surface area contributed by atoms with Gasteiger partial charge in [0.05, 0.1) is 22.8 Å². The fourth-order valence-corrected chi connectivity index (χ4v) is 5.08. The lowest BCUT2D eigenvalue weighted by molar-refractivity contribution is -0.139. The molecule has 0 heterocycles. The molecule has 0 aliphatic heterocycles. The van der Waals surface area contributed by atoms with Crippen molar-refractivity contribution in [2.75, 3.05) is 19.0 Å². The molecule has 2 aromatic carbocycles. The molecule has 0 radical (unpaired) electrons. The summed E-state index contributed by atoms with van der Waals surface area (Å²) < 4.78 is 75.1. The highest BCUT2D eigenvalue weighted by Crippen LogP contribution is 2.30. The lowest BCUT2D eigenvalue weighted by Crippen LogP contribution is -2.23. The van der Waals surface area contributed by atoms with Crippen LogP contribution in [0.1, 0.15) is 43.7 Å². The van der Waals surface area contributed by atoms with Crippen molar-refractivity contribution in [3.8, 4) is 11.5 Å². The first-order chi connectivity index (χ1) is 15.9. The van der Waals surface area contributed by atoms with Gasteiger partial charge in [0.1, 0.15) is 11.5 Å². The Balaban J connectivity index is 2.11. The predicted octanol–water partition coefficient (Wildman–Crippen LogP) is 5.53. The number of ether oxygens (including phenoxy) is 2. The van der Waals surface area contributed by atoms with Gasteiger partial charge >= 0.3 is 12.1 Å². The van der Waals surface area contributed by atoms with Crippen molar-refractivity contribution in [3.63, 3.8) is 0 Å². The summed E-state index contributed by atoms with van der Waals surface area (Å²) in [5.74, 6) is -1.17. The fourth-order valence-electron chi connectivity index (χ4n) is 3.38. The van der Waals surface area contributed by atoms with Gasteiger partial charge in [-0.3, -0.25) is 0 Å². The molecular formula is C24H29F3O6S. The second-order valence-corrected chi connectivity index (χ2v) is 10.1. The van der Waals surface area contributed by atoms with E-state index in [9.17, 15) is 26.4 Å². The lowest BCUT2D eigenvalue weighted by atomic mass is 10.0. The number of sulfone groups is 1. The van der Waals surface area contributed by atoms with Crippen LogP contribution >= 0.6 is 0 Å². The van der Waals surface area contributed by atoms with Crippen LogP contribution in [-0.4, -0.2) is 38.5 Å². The lowest BCUT2D eigenvalue weighted by Gasteiger charge is -2.19. The van der Waals surface area contributed by atoms with Gasteiger partial charge in [0.2, 0.25) is 0 Å². The van der Waals surface area contributed by atoms with Crippen molar-refractivity contribution in [1.29, 1.82) is 0 Å². The highest BCUT2D eigenvalue weighted by atomic mass is 32.2. The number of carboxylic acid groups (broad SMARTS) is 1. The number of benzene rings is 2. The minimum absolute atomic E-state index is 0.0487. The molecule has 0 aromatic heterocycles. The fraction of sp³-hybridized carbons (Fsp3) is 0.458. The molecule has 0 aliphatic rings. The molecule has 2 aromatic rings. The Kier molecular flexibility index (Phi) is 9.78. The molecule has 0 saturated heterocycles. The minimum atomic E-state index is -4.44. The molecule has 0 fully saturated rings. The Labute approximate surface area is 197 Å². The third-order valence-corrected chi connectivity index (χ3v) is 7.08. The summed E-state index contributed by atoms with van der Waals surface area (Å²) in [4.78, 5) is 10.8. The number of rotatable bonds is 13. The second-order valence-electron chi connectivity index (χ2n) is 8.09. The zero-order valence-corrected chi connectivity index (χ0v) is 19.9. The summed E-state index contributed by atoms with van der Waals surface area (Å²) in [6.45, 7) is 3.17. The highest BCUT2D eigenvalue weighted by molar-refractivity contribution is 7.91. The summed E-state index contributed by atoms with van der Waals surface area (Å²) in [5, 5.41) is 8.74. The molecule has 1 atom stereocenters. The number of hydrogen-bond donors (Lipinski definition) is 1. The summed E-state index contributed by atoms with van der Waals surface area (Å²) in [7, 11) is -3.70. The number of carboxylic acids is 1. The quantitative estimate of drug-likeness (QED) is 0.363. The van der Waals surface area contributed by atoms with Gasteiger partial charge in [-0.05, 0) is 61.4 Å². The van der Waals surface area contributed by atoms with Crippen LogP contribution < -0.4 is 9.47 Å². The maximum absolute atomic E-state index is 13.1. The van der Waals surface area contributed by atoms with E-state index in [1.54, 1.807) is 6.92 Å². The van der Waals surface area contributed by atoms with E-state index in [-0.39, 0.29) is 34.7 Å². The Hall–Kier alpha value is -2.75. The first-order valence-corrected chi connectivity index (χ1v) is 12.6. The van der Waals surface area contributed by atoms with Crippen molar-refractivity contribution in [1.82, 2.24) is 0 Å². The summed E-state index contributed by atoms with van der Waals surface area (Å²) >= 11 is 0. The van der Waals surface area contributed by atoms with Gasteiger partial charge < -0.3 is 14.6 Å². The standard InChI is InChI=1S/C24H29F3O6S/c1-3-4-5-6-18(14-32-20-9-7-19(8-10-20)24(25,26)27)16-34(30,31)21-11-12-22(17(2)13-21)33-15-23(28)29/h7-13,18H,3-6,14-16H2,1-2H3,(H,28,29). The monoisotopic (exact) mass is 502 g/mol. The van der Waals surface area contributed by atoms with Crippen LogP contribution in [0.25, 0.3) is 0 Å². The zero-order chi connectivity index (χ0) is 25.4. The van der Waals surface area contributed by atoms with Crippen molar-refractivity contribution in [2.45, 2.75) is 50.6 Å². The minimum Gasteiger partial charge on any atom is -0.493 e.